The number of hydrogen-bond donors (Lipinski definition) is 0. The fourth-order valence-electron chi connectivity index (χ4n) is 2.50. The van der Waals surface area contributed by atoms with Crippen molar-refractivity contribution in [3.8, 4) is 0 Å². The van der Waals surface area contributed by atoms with Crippen molar-refractivity contribution >= 4 is 11.8 Å². The van der Waals surface area contributed by atoms with Gasteiger partial charge in [0.15, 0.2) is 11.8 Å². The molecule has 0 saturated heterocycles. The highest BCUT2D eigenvalue weighted by Crippen LogP contribution is 2.21. The molecule has 2 rings (SSSR count). The number of hydrogen-bond acceptors (Lipinski definition) is 4. The highest BCUT2D eigenvalue weighted by Gasteiger charge is 2.23. The van der Waals surface area contributed by atoms with Crippen LogP contribution < -0.4 is 0 Å². The normalized spacial score (nSPS) is 23.9. The van der Waals surface area contributed by atoms with Gasteiger partial charge in [-0.15, -0.1) is 0 Å². The molecule has 0 aromatic heterocycles. The number of nitrogens with zero attached hydrogens (tertiary/aromatic N) is 2. The summed E-state index contributed by atoms with van der Waals surface area (Å²) in [6.45, 7) is 9.10. The zero-order chi connectivity index (χ0) is 13.7. The highest BCUT2D eigenvalue weighted by atomic mass is 16.5. The Morgan fingerprint density at radius 2 is 2.00 bits per heavy atom. The molecular weight excluding hydrogens is 240 g/mol. The van der Waals surface area contributed by atoms with E-state index in [4.69, 9.17) is 9.47 Å². The van der Waals surface area contributed by atoms with Crippen molar-refractivity contribution in [2.45, 2.75) is 52.5 Å². The number of rotatable bonds is 7. The second-order valence-electron chi connectivity index (χ2n) is 6.10. The largest absolute Gasteiger partial charge is 0.479 e. The van der Waals surface area contributed by atoms with E-state index in [-0.39, 0.29) is 0 Å². The maximum absolute atomic E-state index is 5.64. The molecular formula is C15H26N2O2. The summed E-state index contributed by atoms with van der Waals surface area (Å²) in [5, 5.41) is 0. The van der Waals surface area contributed by atoms with Crippen molar-refractivity contribution in [3.05, 3.63) is 0 Å². The third kappa shape index (κ3) is 4.84. The van der Waals surface area contributed by atoms with E-state index >= 15 is 0 Å². The van der Waals surface area contributed by atoms with E-state index in [1.54, 1.807) is 0 Å². The van der Waals surface area contributed by atoms with Gasteiger partial charge in [0.05, 0.1) is 19.0 Å². The standard InChI is InChI=1S/C15H26N2O2/c1-11(2)4-5-12(3)8-13-10-19-15(17-13)9-14-16-6-7-18-14/h11-13H,4-10H2,1-3H3. The molecule has 0 aromatic rings. The van der Waals surface area contributed by atoms with Crippen molar-refractivity contribution in [2.24, 2.45) is 21.8 Å². The van der Waals surface area contributed by atoms with Crippen molar-refractivity contribution in [1.82, 2.24) is 0 Å². The molecule has 0 amide bonds. The van der Waals surface area contributed by atoms with Crippen LogP contribution in [0.5, 0.6) is 0 Å². The van der Waals surface area contributed by atoms with Gasteiger partial charge in [-0.25, -0.2) is 4.99 Å². The molecule has 0 saturated carbocycles. The van der Waals surface area contributed by atoms with E-state index < -0.39 is 0 Å². The average molecular weight is 266 g/mol. The molecule has 0 bridgehead atoms. The Hall–Kier alpha value is -1.06. The van der Waals surface area contributed by atoms with Crippen LogP contribution in [0.25, 0.3) is 0 Å². The van der Waals surface area contributed by atoms with E-state index in [2.05, 4.69) is 30.8 Å². The second-order valence-corrected chi connectivity index (χ2v) is 6.10. The molecule has 0 radical (unpaired) electrons. The fourth-order valence-corrected chi connectivity index (χ4v) is 2.50. The monoisotopic (exact) mass is 266 g/mol. The first-order chi connectivity index (χ1) is 9.13. The Morgan fingerprint density at radius 1 is 1.16 bits per heavy atom. The van der Waals surface area contributed by atoms with E-state index in [9.17, 15) is 0 Å². The molecule has 2 aliphatic rings. The first-order valence-electron chi connectivity index (χ1n) is 7.49. The fraction of sp³-hybridized carbons (Fsp3) is 0.867. The zero-order valence-electron chi connectivity index (χ0n) is 12.4. The lowest BCUT2D eigenvalue weighted by Gasteiger charge is -2.14. The van der Waals surface area contributed by atoms with Gasteiger partial charge in [0.25, 0.3) is 0 Å². The third-order valence-corrected chi connectivity index (χ3v) is 3.63. The minimum absolute atomic E-state index is 0.333. The maximum Gasteiger partial charge on any atom is 0.193 e. The topological polar surface area (TPSA) is 43.2 Å². The molecule has 2 heterocycles. The van der Waals surface area contributed by atoms with Crippen LogP contribution in [-0.4, -0.2) is 37.6 Å². The molecule has 4 nitrogen and oxygen atoms in total. The summed E-state index contributed by atoms with van der Waals surface area (Å²) in [6.07, 6.45) is 4.35. The van der Waals surface area contributed by atoms with Crippen LogP contribution in [0.1, 0.15) is 46.5 Å². The lowest BCUT2D eigenvalue weighted by Crippen LogP contribution is -2.12. The average Bonchev–Trinajstić information content (AvgIpc) is 2.99. The predicted octanol–water partition coefficient (Wildman–Crippen LogP) is 3.06. The predicted molar refractivity (Wildman–Crippen MR) is 77.9 cm³/mol. The number of ether oxygens (including phenoxy) is 2. The quantitative estimate of drug-likeness (QED) is 0.710. The van der Waals surface area contributed by atoms with E-state index in [1.807, 2.05) is 0 Å². The van der Waals surface area contributed by atoms with E-state index in [0.29, 0.717) is 19.1 Å². The van der Waals surface area contributed by atoms with E-state index in [0.717, 1.165) is 43.2 Å². The van der Waals surface area contributed by atoms with Gasteiger partial charge in [0.2, 0.25) is 0 Å². The van der Waals surface area contributed by atoms with Crippen molar-refractivity contribution in [1.29, 1.82) is 0 Å². The van der Waals surface area contributed by atoms with Crippen molar-refractivity contribution in [3.63, 3.8) is 0 Å². The van der Waals surface area contributed by atoms with Crippen LogP contribution >= 0.6 is 0 Å². The lowest BCUT2D eigenvalue weighted by atomic mass is 9.94. The number of aliphatic imine (C=N–C) groups is 2. The van der Waals surface area contributed by atoms with Crippen LogP contribution in [0.4, 0.5) is 0 Å². The van der Waals surface area contributed by atoms with Crippen LogP contribution in [-0.2, 0) is 9.47 Å². The molecule has 0 aromatic carbocycles. The summed E-state index contributed by atoms with van der Waals surface area (Å²) in [5.41, 5.74) is 0. The summed E-state index contributed by atoms with van der Waals surface area (Å²) in [6, 6.07) is 0.333. The van der Waals surface area contributed by atoms with Crippen LogP contribution in [0.15, 0.2) is 9.98 Å². The van der Waals surface area contributed by atoms with Crippen LogP contribution in [0.2, 0.25) is 0 Å². The van der Waals surface area contributed by atoms with E-state index in [1.165, 1.54) is 12.8 Å². The molecule has 108 valence electrons. The molecule has 4 heteroatoms. The van der Waals surface area contributed by atoms with Crippen LogP contribution in [0, 0.1) is 11.8 Å². The van der Waals surface area contributed by atoms with Crippen molar-refractivity contribution in [2.75, 3.05) is 19.8 Å². The highest BCUT2D eigenvalue weighted by molar-refractivity contribution is 5.98. The summed E-state index contributed by atoms with van der Waals surface area (Å²) in [4.78, 5) is 8.92. The second kappa shape index (κ2) is 6.92. The molecule has 0 fully saturated rings. The molecule has 19 heavy (non-hydrogen) atoms. The van der Waals surface area contributed by atoms with Gasteiger partial charge in [-0.3, -0.25) is 4.99 Å². The summed E-state index contributed by atoms with van der Waals surface area (Å²) < 4.78 is 11.0. The first-order valence-corrected chi connectivity index (χ1v) is 7.49. The van der Waals surface area contributed by atoms with Gasteiger partial charge in [-0.2, -0.15) is 0 Å². The van der Waals surface area contributed by atoms with Gasteiger partial charge in [0.1, 0.15) is 13.2 Å². The molecule has 0 N–H and O–H groups in total. The summed E-state index contributed by atoms with van der Waals surface area (Å²) in [7, 11) is 0. The lowest BCUT2D eigenvalue weighted by molar-refractivity contribution is 0.285. The maximum atomic E-state index is 5.64. The minimum Gasteiger partial charge on any atom is -0.479 e. The van der Waals surface area contributed by atoms with Gasteiger partial charge < -0.3 is 9.47 Å². The van der Waals surface area contributed by atoms with Gasteiger partial charge >= 0.3 is 0 Å². The Kier molecular flexibility index (Phi) is 5.23. The zero-order valence-corrected chi connectivity index (χ0v) is 12.4. The molecule has 0 spiro atoms. The first kappa shape index (κ1) is 14.4. The van der Waals surface area contributed by atoms with Crippen molar-refractivity contribution < 1.29 is 9.47 Å². The molecule has 2 unspecified atom stereocenters. The summed E-state index contributed by atoms with van der Waals surface area (Å²) >= 11 is 0. The minimum atomic E-state index is 0.333. The van der Waals surface area contributed by atoms with Crippen LogP contribution in [0.3, 0.4) is 0 Å². The molecule has 0 aliphatic carbocycles. The molecule has 2 aliphatic heterocycles. The SMILES string of the molecule is CC(C)CCC(C)CC1COC(CC2=NCCO2)=N1. The Bertz CT molecular complexity index is 350. The van der Waals surface area contributed by atoms with Gasteiger partial charge in [-0.05, 0) is 18.3 Å². The smallest absolute Gasteiger partial charge is 0.193 e. The Balaban J connectivity index is 1.72. The third-order valence-electron chi connectivity index (χ3n) is 3.63. The Labute approximate surface area is 116 Å². The molecule has 2 atom stereocenters. The van der Waals surface area contributed by atoms with Gasteiger partial charge in [-0.1, -0.05) is 33.6 Å². The summed E-state index contributed by atoms with van der Waals surface area (Å²) in [5.74, 6) is 3.10. The Morgan fingerprint density at radius 3 is 2.68 bits per heavy atom. The van der Waals surface area contributed by atoms with Gasteiger partial charge in [0, 0.05) is 0 Å².